The largest absolute Gasteiger partial charge is 0.444 e. The zero-order valence-electron chi connectivity index (χ0n) is 20.5. The summed E-state index contributed by atoms with van der Waals surface area (Å²) in [6.07, 6.45) is 3.59. The van der Waals surface area contributed by atoms with E-state index in [0.717, 1.165) is 42.2 Å². The number of fused-ring (bicyclic) bond motifs is 3. The Balaban J connectivity index is 1.43. The summed E-state index contributed by atoms with van der Waals surface area (Å²) in [6, 6.07) is 6.49. The minimum Gasteiger partial charge on any atom is -0.444 e. The van der Waals surface area contributed by atoms with E-state index in [1.54, 1.807) is 4.90 Å². The fraction of sp³-hybridized carbons (Fsp3) is 0.462. The first-order chi connectivity index (χ1) is 17.1. The Morgan fingerprint density at radius 3 is 2.47 bits per heavy atom. The van der Waals surface area contributed by atoms with Crippen LogP contribution in [-0.2, 0) is 17.8 Å². The van der Waals surface area contributed by atoms with E-state index in [4.69, 9.17) is 16.3 Å². The molecule has 1 aromatic carbocycles. The topological polar surface area (TPSA) is 73.1 Å². The third-order valence-electron chi connectivity index (χ3n) is 6.70. The van der Waals surface area contributed by atoms with Crippen molar-refractivity contribution in [3.05, 3.63) is 70.0 Å². The van der Waals surface area contributed by atoms with Crippen molar-refractivity contribution in [3.8, 4) is 5.69 Å². The molecule has 1 fully saturated rings. The van der Waals surface area contributed by atoms with E-state index in [9.17, 15) is 13.6 Å². The summed E-state index contributed by atoms with van der Waals surface area (Å²) in [5.41, 5.74) is 1.45. The highest BCUT2D eigenvalue weighted by atomic mass is 35.5. The maximum absolute atomic E-state index is 14.3. The van der Waals surface area contributed by atoms with Crippen LogP contribution in [-0.4, -0.2) is 36.3 Å². The summed E-state index contributed by atoms with van der Waals surface area (Å²) >= 11 is 6.31. The van der Waals surface area contributed by atoms with Gasteiger partial charge in [-0.2, -0.15) is 0 Å². The maximum atomic E-state index is 14.3. The van der Waals surface area contributed by atoms with Gasteiger partial charge in [-0.1, -0.05) is 11.6 Å². The molecule has 1 amide bonds. The van der Waals surface area contributed by atoms with Crippen molar-refractivity contribution in [1.29, 1.82) is 0 Å². The minimum absolute atomic E-state index is 0.0675. The molecule has 3 aromatic rings. The van der Waals surface area contributed by atoms with Gasteiger partial charge in [0.15, 0.2) is 5.82 Å². The maximum Gasteiger partial charge on any atom is 0.411 e. The molecule has 1 saturated carbocycles. The molecule has 190 valence electrons. The molecule has 0 atom stereocenters. The Hall–Kier alpha value is -3.07. The van der Waals surface area contributed by atoms with Crippen LogP contribution >= 0.6 is 11.6 Å². The summed E-state index contributed by atoms with van der Waals surface area (Å²) in [4.78, 5) is 18.6. The predicted molar refractivity (Wildman–Crippen MR) is 130 cm³/mol. The summed E-state index contributed by atoms with van der Waals surface area (Å²) in [5, 5.41) is 9.58. The molecule has 10 heteroatoms. The summed E-state index contributed by atoms with van der Waals surface area (Å²) < 4.78 is 35.2. The number of hydrogen-bond acceptors (Lipinski definition) is 5. The van der Waals surface area contributed by atoms with Gasteiger partial charge in [0.2, 0.25) is 0 Å². The average molecular weight is 516 g/mol. The van der Waals surface area contributed by atoms with Crippen LogP contribution in [0.5, 0.6) is 0 Å². The fourth-order valence-electron chi connectivity index (χ4n) is 5.10. The highest BCUT2D eigenvalue weighted by molar-refractivity contribution is 6.30. The van der Waals surface area contributed by atoms with Gasteiger partial charge in [-0.25, -0.2) is 13.6 Å². The van der Waals surface area contributed by atoms with Crippen molar-refractivity contribution < 1.29 is 18.3 Å². The lowest BCUT2D eigenvalue weighted by molar-refractivity contribution is 0.0214. The smallest absolute Gasteiger partial charge is 0.411 e. The van der Waals surface area contributed by atoms with Crippen LogP contribution in [0, 0.1) is 11.6 Å². The minimum atomic E-state index is -0.671. The molecule has 2 aromatic heterocycles. The van der Waals surface area contributed by atoms with Crippen LogP contribution in [0.25, 0.3) is 5.69 Å². The molecule has 5 rings (SSSR count). The van der Waals surface area contributed by atoms with Crippen molar-refractivity contribution in [3.63, 3.8) is 0 Å². The molecule has 36 heavy (non-hydrogen) atoms. The van der Waals surface area contributed by atoms with Crippen LogP contribution < -0.4 is 0 Å². The number of benzene rings is 1. The second-order valence-electron chi connectivity index (χ2n) is 10.5. The van der Waals surface area contributed by atoms with E-state index in [1.807, 2.05) is 43.5 Å². The zero-order valence-corrected chi connectivity index (χ0v) is 21.2. The second kappa shape index (κ2) is 9.42. The number of carbonyl (C=O) groups excluding carboxylic acids is 1. The Morgan fingerprint density at radius 2 is 1.78 bits per heavy atom. The molecule has 3 heterocycles. The van der Waals surface area contributed by atoms with Gasteiger partial charge in [0.05, 0.1) is 30.7 Å². The van der Waals surface area contributed by atoms with Gasteiger partial charge in [-0.15, -0.1) is 10.2 Å². The number of halogens is 3. The quantitative estimate of drug-likeness (QED) is 0.401. The monoisotopic (exact) mass is 515 g/mol. The Bertz CT molecular complexity index is 1300. The number of amides is 1. The first kappa shape index (κ1) is 24.6. The van der Waals surface area contributed by atoms with E-state index >= 15 is 0 Å². The molecule has 0 spiro atoms. The molecule has 0 radical (unpaired) electrons. The lowest BCUT2D eigenvalue weighted by atomic mass is 9.79. The van der Waals surface area contributed by atoms with Crippen molar-refractivity contribution in [2.45, 2.75) is 77.0 Å². The first-order valence-corrected chi connectivity index (χ1v) is 12.5. The van der Waals surface area contributed by atoms with Gasteiger partial charge in [0.1, 0.15) is 23.1 Å². The van der Waals surface area contributed by atoms with Gasteiger partial charge >= 0.3 is 6.09 Å². The predicted octanol–water partition coefficient (Wildman–Crippen LogP) is 6.29. The Labute approximate surface area is 213 Å². The lowest BCUT2D eigenvalue weighted by Crippen LogP contribution is -2.35. The van der Waals surface area contributed by atoms with Crippen molar-refractivity contribution in [2.24, 2.45) is 0 Å². The van der Waals surface area contributed by atoms with Crippen molar-refractivity contribution >= 4 is 17.7 Å². The van der Waals surface area contributed by atoms with E-state index in [2.05, 4.69) is 15.2 Å². The number of pyridine rings is 1. The molecule has 0 saturated heterocycles. The first-order valence-electron chi connectivity index (χ1n) is 12.1. The SMILES string of the molecule is CC(C)(C)OC(=O)N1Cc2cc(Cl)ccc2-n2c(nnc2[C@H]2CC[C@H](c3ncc(F)cc3F)CC2)C1. The van der Waals surface area contributed by atoms with Crippen LogP contribution in [0.4, 0.5) is 13.6 Å². The Kier molecular flexibility index (Phi) is 6.44. The fourth-order valence-corrected chi connectivity index (χ4v) is 5.29. The highest BCUT2D eigenvalue weighted by Crippen LogP contribution is 2.41. The summed E-state index contributed by atoms with van der Waals surface area (Å²) in [5.74, 6) is 0.221. The standard InChI is InChI=1S/C26H28ClF2N5O2/c1-26(2,3)36-25(35)33-13-17-10-18(27)8-9-21(17)34-22(14-33)31-32-24(34)16-6-4-15(5-7-16)23-20(29)11-19(28)12-30-23/h8-12,15-16H,4-7,13-14H2,1-3H3/t15-,16-. The van der Waals surface area contributed by atoms with Gasteiger partial charge in [-0.05, 0) is 70.2 Å². The van der Waals surface area contributed by atoms with Gasteiger partial charge in [-0.3, -0.25) is 14.5 Å². The molecule has 7 nitrogen and oxygen atoms in total. The second-order valence-corrected chi connectivity index (χ2v) is 10.9. The summed E-state index contributed by atoms with van der Waals surface area (Å²) in [7, 11) is 0. The molecule has 0 unspecified atom stereocenters. The average Bonchev–Trinajstić information content (AvgIpc) is 3.14. The number of carbonyl (C=O) groups is 1. The van der Waals surface area contributed by atoms with E-state index < -0.39 is 23.3 Å². The van der Waals surface area contributed by atoms with Gasteiger partial charge in [0, 0.05) is 22.9 Å². The molecule has 1 aliphatic heterocycles. The highest BCUT2D eigenvalue weighted by Gasteiger charge is 2.34. The number of aromatic nitrogens is 4. The third kappa shape index (κ3) is 4.93. The number of hydrogen-bond donors (Lipinski definition) is 0. The van der Waals surface area contributed by atoms with Crippen molar-refractivity contribution in [2.75, 3.05) is 0 Å². The zero-order chi connectivity index (χ0) is 25.6. The molecule has 0 N–H and O–H groups in total. The van der Waals surface area contributed by atoms with Gasteiger partial charge < -0.3 is 4.74 Å². The van der Waals surface area contributed by atoms with E-state index in [0.29, 0.717) is 35.9 Å². The van der Waals surface area contributed by atoms with Crippen LogP contribution in [0.2, 0.25) is 5.02 Å². The summed E-state index contributed by atoms with van der Waals surface area (Å²) in [6.45, 7) is 6.07. The number of nitrogens with zero attached hydrogens (tertiary/aromatic N) is 5. The normalized spacial score (nSPS) is 19.9. The van der Waals surface area contributed by atoms with Crippen LogP contribution in [0.15, 0.2) is 30.5 Å². The van der Waals surface area contributed by atoms with Crippen LogP contribution in [0.1, 0.15) is 81.2 Å². The van der Waals surface area contributed by atoms with Crippen molar-refractivity contribution in [1.82, 2.24) is 24.6 Å². The lowest BCUT2D eigenvalue weighted by Gasteiger charge is -2.28. The Morgan fingerprint density at radius 1 is 1.06 bits per heavy atom. The third-order valence-corrected chi connectivity index (χ3v) is 6.93. The number of ether oxygens (including phenoxy) is 1. The molecule has 2 aliphatic rings. The van der Waals surface area contributed by atoms with E-state index in [-0.39, 0.29) is 18.4 Å². The molecule has 1 aliphatic carbocycles. The van der Waals surface area contributed by atoms with Gasteiger partial charge in [0.25, 0.3) is 0 Å². The molecular weight excluding hydrogens is 488 g/mol. The number of rotatable bonds is 2. The van der Waals surface area contributed by atoms with Crippen LogP contribution in [0.3, 0.4) is 0 Å². The molecular formula is C26H28ClF2N5O2. The molecule has 0 bridgehead atoms. The van der Waals surface area contributed by atoms with E-state index in [1.165, 1.54) is 0 Å².